The molecular weight excluding hydrogens is 268 g/mol. The Morgan fingerprint density at radius 1 is 1.32 bits per heavy atom. The lowest BCUT2D eigenvalue weighted by Gasteiger charge is -2.08. The summed E-state index contributed by atoms with van der Waals surface area (Å²) in [6, 6.07) is 7.18. The van der Waals surface area contributed by atoms with Gasteiger partial charge >= 0.3 is 0 Å². The predicted molar refractivity (Wildman–Crippen MR) is 72.7 cm³/mol. The molecule has 1 amide bonds. The Morgan fingerprint density at radius 2 is 2.11 bits per heavy atom. The lowest BCUT2D eigenvalue weighted by Crippen LogP contribution is -2.31. The number of rotatable bonds is 5. The van der Waals surface area contributed by atoms with Crippen LogP contribution in [0.1, 0.15) is 10.4 Å². The number of likely N-dealkylation sites (N-methyl/N-ethyl adjacent to an activating group) is 1. The summed E-state index contributed by atoms with van der Waals surface area (Å²) in [4.78, 5) is 12.0. The van der Waals surface area contributed by atoms with E-state index in [2.05, 4.69) is 26.2 Å². The SMILES string of the molecule is CNCCNC(=O)c1ccccc1-n1cnnn1.Cl. The Morgan fingerprint density at radius 3 is 2.79 bits per heavy atom. The Balaban J connectivity index is 0.00000180. The van der Waals surface area contributed by atoms with Crippen molar-refractivity contribution in [3.8, 4) is 5.69 Å². The number of amides is 1. The van der Waals surface area contributed by atoms with Gasteiger partial charge in [-0.3, -0.25) is 4.79 Å². The van der Waals surface area contributed by atoms with Gasteiger partial charge in [-0.25, -0.2) is 0 Å². The third-order valence-corrected chi connectivity index (χ3v) is 2.41. The van der Waals surface area contributed by atoms with Crippen molar-refractivity contribution in [1.82, 2.24) is 30.8 Å². The molecule has 0 spiro atoms. The third-order valence-electron chi connectivity index (χ3n) is 2.41. The normalized spacial score (nSPS) is 9.74. The molecule has 2 N–H and O–H groups in total. The minimum Gasteiger partial charge on any atom is -0.351 e. The highest BCUT2D eigenvalue weighted by Gasteiger charge is 2.12. The molecule has 0 aliphatic rings. The van der Waals surface area contributed by atoms with Crippen LogP contribution in [0.2, 0.25) is 0 Å². The smallest absolute Gasteiger partial charge is 0.253 e. The van der Waals surface area contributed by atoms with Gasteiger partial charge in [0.25, 0.3) is 5.91 Å². The van der Waals surface area contributed by atoms with Crippen LogP contribution in [-0.2, 0) is 0 Å². The number of benzene rings is 1. The molecule has 19 heavy (non-hydrogen) atoms. The van der Waals surface area contributed by atoms with Crippen molar-refractivity contribution in [1.29, 1.82) is 0 Å². The standard InChI is InChI=1S/C11H14N6O.ClH/c1-12-6-7-13-11(18)9-4-2-3-5-10(9)17-8-14-15-16-17;/h2-5,8,12H,6-7H2,1H3,(H,13,18);1H. The predicted octanol–water partition coefficient (Wildman–Crippen LogP) is 0.0333. The van der Waals surface area contributed by atoms with Gasteiger partial charge in [0.05, 0.1) is 11.3 Å². The summed E-state index contributed by atoms with van der Waals surface area (Å²) in [5.41, 5.74) is 1.20. The van der Waals surface area contributed by atoms with Crippen molar-refractivity contribution in [2.45, 2.75) is 0 Å². The first-order valence-corrected chi connectivity index (χ1v) is 5.58. The summed E-state index contributed by atoms with van der Waals surface area (Å²) in [7, 11) is 1.83. The molecule has 2 aromatic rings. The summed E-state index contributed by atoms with van der Waals surface area (Å²) >= 11 is 0. The molecule has 0 bridgehead atoms. The Labute approximate surface area is 116 Å². The van der Waals surface area contributed by atoms with E-state index in [0.29, 0.717) is 17.8 Å². The van der Waals surface area contributed by atoms with Crippen LogP contribution in [0.3, 0.4) is 0 Å². The van der Waals surface area contributed by atoms with Gasteiger partial charge in [0.2, 0.25) is 0 Å². The lowest BCUT2D eigenvalue weighted by atomic mass is 10.1. The van der Waals surface area contributed by atoms with Gasteiger partial charge in [0.1, 0.15) is 6.33 Å². The first kappa shape index (κ1) is 15.1. The summed E-state index contributed by atoms with van der Waals surface area (Å²) in [5, 5.41) is 16.7. The van der Waals surface area contributed by atoms with Gasteiger partial charge in [-0.05, 0) is 29.6 Å². The van der Waals surface area contributed by atoms with Crippen molar-refractivity contribution >= 4 is 18.3 Å². The fourth-order valence-corrected chi connectivity index (χ4v) is 1.53. The molecule has 7 nitrogen and oxygen atoms in total. The van der Waals surface area contributed by atoms with E-state index < -0.39 is 0 Å². The highest BCUT2D eigenvalue weighted by Crippen LogP contribution is 2.12. The number of nitrogens with zero attached hydrogens (tertiary/aromatic N) is 4. The lowest BCUT2D eigenvalue weighted by molar-refractivity contribution is 0.0954. The van der Waals surface area contributed by atoms with Crippen molar-refractivity contribution in [2.24, 2.45) is 0 Å². The van der Waals surface area contributed by atoms with Crippen LogP contribution >= 0.6 is 12.4 Å². The zero-order chi connectivity index (χ0) is 12.8. The Bertz CT molecular complexity index is 516. The Kier molecular flexibility index (Phi) is 5.91. The number of hydrogen-bond acceptors (Lipinski definition) is 5. The molecule has 8 heteroatoms. The van der Waals surface area contributed by atoms with Gasteiger partial charge in [0.15, 0.2) is 0 Å². The van der Waals surface area contributed by atoms with Gasteiger partial charge in [-0.2, -0.15) is 4.68 Å². The highest BCUT2D eigenvalue weighted by atomic mass is 35.5. The number of carbonyl (C=O) groups is 1. The van der Waals surface area contributed by atoms with Gasteiger partial charge in [-0.1, -0.05) is 12.1 Å². The molecule has 0 aliphatic heterocycles. The molecular formula is C11H15ClN6O. The molecule has 2 rings (SSSR count). The minimum atomic E-state index is -0.142. The third kappa shape index (κ3) is 3.73. The highest BCUT2D eigenvalue weighted by molar-refractivity contribution is 5.97. The number of carbonyl (C=O) groups excluding carboxylic acids is 1. The fraction of sp³-hybridized carbons (Fsp3) is 0.273. The van der Waals surface area contributed by atoms with E-state index >= 15 is 0 Å². The van der Waals surface area contributed by atoms with Crippen LogP contribution in [0.25, 0.3) is 5.69 Å². The maximum Gasteiger partial charge on any atom is 0.253 e. The van der Waals surface area contributed by atoms with Crippen LogP contribution in [0.15, 0.2) is 30.6 Å². The number of halogens is 1. The van der Waals surface area contributed by atoms with Crippen molar-refractivity contribution in [2.75, 3.05) is 20.1 Å². The number of tetrazole rings is 1. The zero-order valence-electron chi connectivity index (χ0n) is 10.4. The van der Waals surface area contributed by atoms with Crippen molar-refractivity contribution in [3.63, 3.8) is 0 Å². The molecule has 1 aromatic heterocycles. The van der Waals surface area contributed by atoms with Gasteiger partial charge in [-0.15, -0.1) is 17.5 Å². The van der Waals surface area contributed by atoms with Gasteiger partial charge < -0.3 is 10.6 Å². The molecule has 0 aliphatic carbocycles. The maximum atomic E-state index is 12.0. The second-order valence-electron chi connectivity index (χ2n) is 3.63. The average molecular weight is 283 g/mol. The topological polar surface area (TPSA) is 84.7 Å². The quantitative estimate of drug-likeness (QED) is 0.756. The molecule has 0 fully saturated rings. The average Bonchev–Trinajstić information content (AvgIpc) is 2.93. The van der Waals surface area contributed by atoms with E-state index in [9.17, 15) is 4.79 Å². The summed E-state index contributed by atoms with van der Waals surface area (Å²) in [6.45, 7) is 1.29. The monoisotopic (exact) mass is 282 g/mol. The second-order valence-corrected chi connectivity index (χ2v) is 3.63. The van der Waals surface area contributed by atoms with E-state index in [1.54, 1.807) is 18.2 Å². The van der Waals surface area contributed by atoms with Crippen LogP contribution < -0.4 is 10.6 Å². The molecule has 0 saturated heterocycles. The zero-order valence-corrected chi connectivity index (χ0v) is 11.2. The first-order valence-electron chi connectivity index (χ1n) is 5.58. The molecule has 0 unspecified atom stereocenters. The van der Waals surface area contributed by atoms with Crippen LogP contribution in [0.5, 0.6) is 0 Å². The van der Waals surface area contributed by atoms with Crippen LogP contribution in [-0.4, -0.2) is 46.3 Å². The second kappa shape index (κ2) is 7.45. The molecule has 0 saturated carbocycles. The van der Waals surface area contributed by atoms with E-state index in [1.807, 2.05) is 13.1 Å². The fourth-order valence-electron chi connectivity index (χ4n) is 1.53. The van der Waals surface area contributed by atoms with Gasteiger partial charge in [0, 0.05) is 13.1 Å². The molecule has 0 atom stereocenters. The van der Waals surface area contributed by atoms with E-state index in [0.717, 1.165) is 6.54 Å². The molecule has 1 heterocycles. The van der Waals surface area contributed by atoms with Crippen LogP contribution in [0, 0.1) is 0 Å². The van der Waals surface area contributed by atoms with E-state index in [1.165, 1.54) is 11.0 Å². The Hall–Kier alpha value is -1.99. The maximum absolute atomic E-state index is 12.0. The molecule has 0 radical (unpaired) electrons. The molecule has 102 valence electrons. The van der Waals surface area contributed by atoms with E-state index in [4.69, 9.17) is 0 Å². The van der Waals surface area contributed by atoms with Crippen molar-refractivity contribution in [3.05, 3.63) is 36.2 Å². The largest absolute Gasteiger partial charge is 0.351 e. The van der Waals surface area contributed by atoms with E-state index in [-0.39, 0.29) is 18.3 Å². The number of hydrogen-bond donors (Lipinski definition) is 2. The summed E-state index contributed by atoms with van der Waals surface area (Å²) in [5.74, 6) is -0.142. The number of para-hydroxylation sites is 1. The molecule has 1 aromatic carbocycles. The van der Waals surface area contributed by atoms with Crippen LogP contribution in [0.4, 0.5) is 0 Å². The first-order chi connectivity index (χ1) is 8.83. The van der Waals surface area contributed by atoms with Crippen molar-refractivity contribution < 1.29 is 4.79 Å². The number of aromatic nitrogens is 4. The summed E-state index contributed by atoms with van der Waals surface area (Å²) in [6.07, 6.45) is 1.46. The number of nitrogens with one attached hydrogen (secondary N) is 2. The summed E-state index contributed by atoms with van der Waals surface area (Å²) < 4.78 is 1.47. The minimum absolute atomic E-state index is 0.